The van der Waals surface area contributed by atoms with E-state index >= 15 is 0 Å². The van der Waals surface area contributed by atoms with Crippen molar-refractivity contribution in [1.29, 1.82) is 0 Å². The van der Waals surface area contributed by atoms with Gasteiger partial charge in [-0.05, 0) is 30.7 Å². The monoisotopic (exact) mass is 294 g/mol. The molecule has 2 atom stereocenters. The molecule has 0 aromatic carbocycles. The number of carbonyl (C=O) groups is 2. The van der Waals surface area contributed by atoms with Crippen molar-refractivity contribution < 1.29 is 14.7 Å². The highest BCUT2D eigenvalue weighted by Gasteiger charge is 2.28. The Morgan fingerprint density at radius 3 is 2.85 bits per heavy atom. The molecule has 1 aromatic heterocycles. The number of aromatic nitrogens is 1. The van der Waals surface area contributed by atoms with Crippen molar-refractivity contribution in [1.82, 2.24) is 10.3 Å². The largest absolute Gasteiger partial charge is 0.477 e. The third-order valence-electron chi connectivity index (χ3n) is 3.39. The zero-order valence-corrected chi connectivity index (χ0v) is 12.2. The lowest BCUT2D eigenvalue weighted by Crippen LogP contribution is -2.38. The molecule has 1 saturated carbocycles. The highest BCUT2D eigenvalue weighted by molar-refractivity contribution is 7.99. The van der Waals surface area contributed by atoms with Crippen LogP contribution in [0.15, 0.2) is 18.3 Å². The van der Waals surface area contributed by atoms with Gasteiger partial charge in [-0.25, -0.2) is 9.78 Å². The molecule has 2 unspecified atom stereocenters. The van der Waals surface area contributed by atoms with Gasteiger partial charge in [0.2, 0.25) is 0 Å². The van der Waals surface area contributed by atoms with Gasteiger partial charge >= 0.3 is 5.97 Å². The average Bonchev–Trinajstić information content (AvgIpc) is 2.86. The van der Waals surface area contributed by atoms with Crippen LogP contribution in [0.5, 0.6) is 0 Å². The maximum Gasteiger partial charge on any atom is 0.354 e. The summed E-state index contributed by atoms with van der Waals surface area (Å²) < 4.78 is 0. The van der Waals surface area contributed by atoms with Crippen LogP contribution in [0.4, 0.5) is 0 Å². The summed E-state index contributed by atoms with van der Waals surface area (Å²) >= 11 is 1.88. The normalized spacial score (nSPS) is 21.6. The smallest absolute Gasteiger partial charge is 0.354 e. The second-order valence-corrected chi connectivity index (χ2v) is 6.26. The van der Waals surface area contributed by atoms with Crippen molar-refractivity contribution in [2.45, 2.75) is 37.5 Å². The van der Waals surface area contributed by atoms with E-state index in [-0.39, 0.29) is 17.6 Å². The van der Waals surface area contributed by atoms with E-state index < -0.39 is 5.97 Å². The van der Waals surface area contributed by atoms with Crippen LogP contribution in [0.25, 0.3) is 0 Å². The fraction of sp³-hybridized carbons (Fsp3) is 0.500. The minimum atomic E-state index is -1.09. The fourth-order valence-electron chi connectivity index (χ4n) is 2.41. The van der Waals surface area contributed by atoms with Crippen molar-refractivity contribution in [2.24, 2.45) is 0 Å². The van der Waals surface area contributed by atoms with Crippen molar-refractivity contribution in [3.63, 3.8) is 0 Å². The number of rotatable bonds is 5. The topological polar surface area (TPSA) is 79.3 Å². The summed E-state index contributed by atoms with van der Waals surface area (Å²) in [7, 11) is 0. The quantitative estimate of drug-likeness (QED) is 0.870. The Bertz CT molecular complexity index is 490. The first-order valence-electron chi connectivity index (χ1n) is 6.73. The molecule has 1 fully saturated rings. The number of hydrogen-bond acceptors (Lipinski definition) is 4. The number of nitrogens with zero attached hydrogens (tertiary/aromatic N) is 1. The summed E-state index contributed by atoms with van der Waals surface area (Å²) in [6, 6.07) is 3.05. The highest BCUT2D eigenvalue weighted by Crippen LogP contribution is 2.30. The molecule has 6 heteroatoms. The van der Waals surface area contributed by atoms with E-state index in [0.29, 0.717) is 10.8 Å². The van der Waals surface area contributed by atoms with Crippen LogP contribution in [-0.2, 0) is 0 Å². The Morgan fingerprint density at radius 2 is 2.25 bits per heavy atom. The third kappa shape index (κ3) is 3.50. The first kappa shape index (κ1) is 14.8. The van der Waals surface area contributed by atoms with Gasteiger partial charge in [0.1, 0.15) is 5.69 Å². The van der Waals surface area contributed by atoms with Crippen LogP contribution in [0, 0.1) is 0 Å². The standard InChI is InChI=1S/C14H18N2O3S/c1-2-20-12-5-3-4-10(12)16-13(17)9-6-7-11(14(18)19)15-8-9/h6-8,10,12H,2-5H2,1H3,(H,16,17)(H,18,19). The number of pyridine rings is 1. The Kier molecular flexibility index (Phi) is 5.00. The highest BCUT2D eigenvalue weighted by atomic mass is 32.2. The van der Waals surface area contributed by atoms with Crippen LogP contribution >= 0.6 is 11.8 Å². The molecular weight excluding hydrogens is 276 g/mol. The third-order valence-corrected chi connectivity index (χ3v) is 4.72. The fourth-order valence-corrected chi connectivity index (χ4v) is 3.61. The molecule has 2 rings (SSSR count). The molecule has 108 valence electrons. The van der Waals surface area contributed by atoms with Crippen LogP contribution in [0.2, 0.25) is 0 Å². The molecule has 2 N–H and O–H groups in total. The lowest BCUT2D eigenvalue weighted by Gasteiger charge is -2.20. The molecule has 0 bridgehead atoms. The Morgan fingerprint density at radius 1 is 1.45 bits per heavy atom. The maximum atomic E-state index is 12.1. The molecular formula is C14H18N2O3S. The molecule has 0 spiro atoms. The van der Waals surface area contributed by atoms with E-state index in [1.807, 2.05) is 11.8 Å². The lowest BCUT2D eigenvalue weighted by molar-refractivity contribution is 0.0689. The van der Waals surface area contributed by atoms with Gasteiger partial charge in [0.25, 0.3) is 5.91 Å². The number of hydrogen-bond donors (Lipinski definition) is 2. The van der Waals surface area contributed by atoms with Crippen molar-refractivity contribution in [2.75, 3.05) is 5.75 Å². The summed E-state index contributed by atoms with van der Waals surface area (Å²) in [5, 5.41) is 12.3. The van der Waals surface area contributed by atoms with E-state index in [2.05, 4.69) is 17.2 Å². The zero-order valence-electron chi connectivity index (χ0n) is 11.3. The molecule has 1 aliphatic rings. The molecule has 1 amide bonds. The number of carbonyl (C=O) groups excluding carboxylic acids is 1. The zero-order chi connectivity index (χ0) is 14.5. The molecule has 5 nitrogen and oxygen atoms in total. The number of thioether (sulfide) groups is 1. The molecule has 1 aromatic rings. The predicted octanol–water partition coefficient (Wildman–Crippen LogP) is 2.18. The molecule has 0 aliphatic heterocycles. The Hall–Kier alpha value is -1.56. The molecule has 1 aliphatic carbocycles. The average molecular weight is 294 g/mol. The van der Waals surface area contributed by atoms with Gasteiger partial charge in [-0.15, -0.1) is 0 Å². The van der Waals surface area contributed by atoms with Gasteiger partial charge in [-0.1, -0.05) is 13.3 Å². The van der Waals surface area contributed by atoms with Crippen LogP contribution in [-0.4, -0.2) is 39.0 Å². The summed E-state index contributed by atoms with van der Waals surface area (Å²) in [5.41, 5.74) is 0.351. The number of nitrogens with one attached hydrogen (secondary N) is 1. The van der Waals surface area contributed by atoms with E-state index in [1.54, 1.807) is 0 Å². The van der Waals surface area contributed by atoms with Crippen molar-refractivity contribution in [3.05, 3.63) is 29.6 Å². The summed E-state index contributed by atoms with van der Waals surface area (Å²) in [5.74, 6) is -0.221. The molecule has 1 heterocycles. The van der Waals surface area contributed by atoms with E-state index in [0.717, 1.165) is 25.0 Å². The van der Waals surface area contributed by atoms with Crippen LogP contribution < -0.4 is 5.32 Å². The minimum Gasteiger partial charge on any atom is -0.477 e. The predicted molar refractivity (Wildman–Crippen MR) is 78.2 cm³/mol. The van der Waals surface area contributed by atoms with Crippen molar-refractivity contribution in [3.8, 4) is 0 Å². The second-order valence-electron chi connectivity index (χ2n) is 4.74. The lowest BCUT2D eigenvalue weighted by atomic mass is 10.2. The number of aromatic carboxylic acids is 1. The molecule has 0 saturated heterocycles. The summed E-state index contributed by atoms with van der Waals surface area (Å²) in [4.78, 5) is 26.6. The van der Waals surface area contributed by atoms with Gasteiger partial charge in [0.05, 0.1) is 5.56 Å². The summed E-state index contributed by atoms with van der Waals surface area (Å²) in [6.07, 6.45) is 4.60. The van der Waals surface area contributed by atoms with E-state index in [9.17, 15) is 9.59 Å². The maximum absolute atomic E-state index is 12.1. The minimum absolute atomic E-state index is 0.0539. The summed E-state index contributed by atoms with van der Waals surface area (Å²) in [6.45, 7) is 2.12. The van der Waals surface area contributed by atoms with Crippen LogP contribution in [0.1, 0.15) is 47.0 Å². The van der Waals surface area contributed by atoms with Gasteiger partial charge < -0.3 is 10.4 Å². The number of carboxylic acid groups (broad SMARTS) is 1. The Balaban J connectivity index is 1.99. The van der Waals surface area contributed by atoms with E-state index in [4.69, 9.17) is 5.11 Å². The number of amides is 1. The van der Waals surface area contributed by atoms with Crippen molar-refractivity contribution >= 4 is 23.6 Å². The molecule has 0 radical (unpaired) electrons. The van der Waals surface area contributed by atoms with Gasteiger partial charge in [0.15, 0.2) is 0 Å². The first-order chi connectivity index (χ1) is 9.61. The van der Waals surface area contributed by atoms with E-state index in [1.165, 1.54) is 18.3 Å². The van der Waals surface area contributed by atoms with Gasteiger partial charge in [-0.2, -0.15) is 11.8 Å². The van der Waals surface area contributed by atoms with Crippen LogP contribution in [0.3, 0.4) is 0 Å². The van der Waals surface area contributed by atoms with Gasteiger partial charge in [0, 0.05) is 17.5 Å². The van der Waals surface area contributed by atoms with Gasteiger partial charge in [-0.3, -0.25) is 4.79 Å². The molecule has 20 heavy (non-hydrogen) atoms. The number of carboxylic acids is 1. The Labute approximate surface area is 122 Å². The second kappa shape index (κ2) is 6.74. The first-order valence-corrected chi connectivity index (χ1v) is 7.78. The SMILES string of the molecule is CCSC1CCCC1NC(=O)c1ccc(C(=O)O)nc1.